The molecule has 0 bridgehead atoms. The molecule has 3 heterocycles. The fourth-order valence-electron chi connectivity index (χ4n) is 4.63. The van der Waals surface area contributed by atoms with Crippen LogP contribution in [0.2, 0.25) is 0 Å². The minimum Gasteiger partial charge on any atom is -0.490 e. The van der Waals surface area contributed by atoms with Crippen LogP contribution in [-0.4, -0.2) is 88.9 Å². The molecule has 8 nitrogen and oxygen atoms in total. The Morgan fingerprint density at radius 2 is 1.88 bits per heavy atom. The van der Waals surface area contributed by atoms with E-state index < -0.39 is 0 Å². The van der Waals surface area contributed by atoms with E-state index in [2.05, 4.69) is 37.8 Å². The van der Waals surface area contributed by atoms with Crippen molar-refractivity contribution >= 4 is 27.7 Å². The van der Waals surface area contributed by atoms with Crippen LogP contribution < -0.4 is 4.74 Å². The van der Waals surface area contributed by atoms with Gasteiger partial charge in [0.1, 0.15) is 17.7 Å². The number of carbonyl (C=O) groups is 2. The third-order valence-electron chi connectivity index (χ3n) is 6.66. The molecule has 0 aliphatic carbocycles. The maximum Gasteiger partial charge on any atom is 0.257 e. The molecule has 2 aliphatic rings. The first-order chi connectivity index (χ1) is 16.3. The molecule has 2 saturated heterocycles. The third kappa shape index (κ3) is 5.93. The van der Waals surface area contributed by atoms with Gasteiger partial charge in [-0.3, -0.25) is 9.59 Å². The number of likely N-dealkylation sites (tertiary alicyclic amines) is 1. The summed E-state index contributed by atoms with van der Waals surface area (Å²) in [6.07, 6.45) is 2.47. The molecular formula is C25H32BrN5O3. The smallest absolute Gasteiger partial charge is 0.257 e. The largest absolute Gasteiger partial charge is 0.490 e. The number of piperazine rings is 1. The number of amides is 2. The molecule has 0 N–H and O–H groups in total. The SMILES string of the molecule is Cc1ncc(C(=O)N2CC[C@H](Oc3cccc(Br)c3)[C@@H](CC(=O)N3CCN(C)CC3)C2)c(C)n1. The summed E-state index contributed by atoms with van der Waals surface area (Å²) < 4.78 is 7.30. The van der Waals surface area contributed by atoms with Crippen molar-refractivity contribution < 1.29 is 14.3 Å². The van der Waals surface area contributed by atoms with Crippen molar-refractivity contribution in [1.82, 2.24) is 24.7 Å². The lowest BCUT2D eigenvalue weighted by Gasteiger charge is -2.40. The number of benzene rings is 1. The van der Waals surface area contributed by atoms with Gasteiger partial charge >= 0.3 is 0 Å². The minimum atomic E-state index is -0.148. The lowest BCUT2D eigenvalue weighted by molar-refractivity contribution is -0.135. The molecule has 0 unspecified atom stereocenters. The van der Waals surface area contributed by atoms with Crippen LogP contribution in [0.15, 0.2) is 34.9 Å². The Labute approximate surface area is 209 Å². The lowest BCUT2D eigenvalue weighted by Crippen LogP contribution is -2.51. The van der Waals surface area contributed by atoms with Gasteiger partial charge in [0.2, 0.25) is 5.91 Å². The van der Waals surface area contributed by atoms with E-state index in [1.807, 2.05) is 47.9 Å². The van der Waals surface area contributed by atoms with Gasteiger partial charge in [0.15, 0.2) is 0 Å². The minimum absolute atomic E-state index is 0.0875. The summed E-state index contributed by atoms with van der Waals surface area (Å²) in [7, 11) is 2.07. The van der Waals surface area contributed by atoms with Crippen molar-refractivity contribution in [3.63, 3.8) is 0 Å². The summed E-state index contributed by atoms with van der Waals surface area (Å²) in [5, 5.41) is 0. The van der Waals surface area contributed by atoms with E-state index in [1.165, 1.54) is 0 Å². The summed E-state index contributed by atoms with van der Waals surface area (Å²) >= 11 is 3.50. The second kappa shape index (κ2) is 10.8. The molecule has 0 spiro atoms. The van der Waals surface area contributed by atoms with E-state index >= 15 is 0 Å². The Morgan fingerprint density at radius 1 is 1.12 bits per heavy atom. The van der Waals surface area contributed by atoms with Crippen LogP contribution >= 0.6 is 15.9 Å². The first-order valence-corrected chi connectivity index (χ1v) is 12.6. The van der Waals surface area contributed by atoms with Gasteiger partial charge in [0.05, 0.1) is 11.3 Å². The Kier molecular flexibility index (Phi) is 7.83. The first-order valence-electron chi connectivity index (χ1n) is 11.8. The predicted molar refractivity (Wildman–Crippen MR) is 133 cm³/mol. The van der Waals surface area contributed by atoms with E-state index in [-0.39, 0.29) is 23.8 Å². The molecule has 2 atom stereocenters. The molecular weight excluding hydrogens is 498 g/mol. The van der Waals surface area contributed by atoms with E-state index in [0.29, 0.717) is 43.0 Å². The van der Waals surface area contributed by atoms with E-state index in [4.69, 9.17) is 4.74 Å². The van der Waals surface area contributed by atoms with Gasteiger partial charge < -0.3 is 19.4 Å². The maximum atomic E-state index is 13.3. The summed E-state index contributed by atoms with van der Waals surface area (Å²) in [4.78, 5) is 41.1. The molecule has 2 aliphatic heterocycles. The lowest BCUT2D eigenvalue weighted by atomic mass is 9.90. The molecule has 2 amide bonds. The Balaban J connectivity index is 1.50. The van der Waals surface area contributed by atoms with Gasteiger partial charge in [0.25, 0.3) is 5.91 Å². The monoisotopic (exact) mass is 529 g/mol. The topological polar surface area (TPSA) is 78.9 Å². The quantitative estimate of drug-likeness (QED) is 0.592. The summed E-state index contributed by atoms with van der Waals surface area (Å²) in [6, 6.07) is 7.75. The van der Waals surface area contributed by atoms with Crippen LogP contribution in [-0.2, 0) is 4.79 Å². The van der Waals surface area contributed by atoms with E-state index in [9.17, 15) is 9.59 Å². The van der Waals surface area contributed by atoms with Gasteiger partial charge in [0, 0.05) is 68.7 Å². The standard InChI is InChI=1S/C25H32BrN5O3/c1-17-22(15-27-18(2)28-17)25(33)31-8-7-23(34-21-6-4-5-20(26)14-21)19(16-31)13-24(32)30-11-9-29(3)10-12-30/h4-6,14-15,19,23H,7-13,16H2,1-3H3/t19-,23-/m0/s1. The molecule has 4 rings (SSSR count). The number of halogens is 1. The average molecular weight is 530 g/mol. The van der Waals surface area contributed by atoms with Crippen LogP contribution in [0, 0.1) is 19.8 Å². The highest BCUT2D eigenvalue weighted by Crippen LogP contribution is 2.29. The number of hydrogen-bond donors (Lipinski definition) is 0. The Morgan fingerprint density at radius 3 is 2.59 bits per heavy atom. The zero-order valence-electron chi connectivity index (χ0n) is 20.0. The van der Waals surface area contributed by atoms with Crippen molar-refractivity contribution in [3.05, 3.63) is 52.0 Å². The van der Waals surface area contributed by atoms with Gasteiger partial charge in [-0.2, -0.15) is 0 Å². The van der Waals surface area contributed by atoms with Crippen LogP contribution in [0.3, 0.4) is 0 Å². The molecule has 2 aromatic rings. The van der Waals surface area contributed by atoms with Gasteiger partial charge in [-0.1, -0.05) is 22.0 Å². The zero-order chi connectivity index (χ0) is 24.2. The highest BCUT2D eigenvalue weighted by molar-refractivity contribution is 9.10. The highest BCUT2D eigenvalue weighted by atomic mass is 79.9. The number of aryl methyl sites for hydroxylation is 2. The number of nitrogens with zero attached hydrogens (tertiary/aromatic N) is 5. The number of aromatic nitrogens is 2. The summed E-state index contributed by atoms with van der Waals surface area (Å²) in [5.74, 6) is 1.35. The van der Waals surface area contributed by atoms with E-state index in [1.54, 1.807) is 6.20 Å². The van der Waals surface area contributed by atoms with Crippen LogP contribution in [0.4, 0.5) is 0 Å². The number of ether oxygens (including phenoxy) is 1. The number of rotatable bonds is 5. The fourth-order valence-corrected chi connectivity index (χ4v) is 5.01. The van der Waals surface area contributed by atoms with Crippen molar-refractivity contribution in [1.29, 1.82) is 0 Å². The van der Waals surface area contributed by atoms with Gasteiger partial charge in [-0.15, -0.1) is 0 Å². The summed E-state index contributed by atoms with van der Waals surface area (Å²) in [5.41, 5.74) is 1.19. The van der Waals surface area contributed by atoms with Crippen molar-refractivity contribution in [2.24, 2.45) is 5.92 Å². The molecule has 0 saturated carbocycles. The van der Waals surface area contributed by atoms with Crippen LogP contribution in [0.25, 0.3) is 0 Å². The molecule has 0 radical (unpaired) electrons. The van der Waals surface area contributed by atoms with Gasteiger partial charge in [-0.05, 0) is 39.1 Å². The van der Waals surface area contributed by atoms with Gasteiger partial charge in [-0.25, -0.2) is 9.97 Å². The average Bonchev–Trinajstić information content (AvgIpc) is 2.80. The number of hydrogen-bond acceptors (Lipinski definition) is 6. The van der Waals surface area contributed by atoms with E-state index in [0.717, 1.165) is 36.4 Å². The molecule has 2 fully saturated rings. The molecule has 9 heteroatoms. The zero-order valence-corrected chi connectivity index (χ0v) is 21.6. The third-order valence-corrected chi connectivity index (χ3v) is 7.15. The second-order valence-corrected chi connectivity index (χ2v) is 10.1. The molecule has 1 aromatic carbocycles. The number of likely N-dealkylation sites (N-methyl/N-ethyl adjacent to an activating group) is 1. The normalized spacial score (nSPS) is 21.4. The van der Waals surface area contributed by atoms with Crippen LogP contribution in [0.1, 0.15) is 34.7 Å². The van der Waals surface area contributed by atoms with Crippen LogP contribution in [0.5, 0.6) is 5.75 Å². The highest BCUT2D eigenvalue weighted by Gasteiger charge is 2.36. The number of carbonyl (C=O) groups excluding carboxylic acids is 2. The van der Waals surface area contributed by atoms with Crippen molar-refractivity contribution in [2.75, 3.05) is 46.3 Å². The fraction of sp³-hybridized carbons (Fsp3) is 0.520. The second-order valence-electron chi connectivity index (χ2n) is 9.22. The predicted octanol–water partition coefficient (Wildman–Crippen LogP) is 2.93. The molecule has 1 aromatic heterocycles. The molecule has 34 heavy (non-hydrogen) atoms. The Bertz CT molecular complexity index is 1040. The van der Waals surface area contributed by atoms with Crippen molar-refractivity contribution in [2.45, 2.75) is 32.8 Å². The summed E-state index contributed by atoms with van der Waals surface area (Å²) in [6.45, 7) is 7.90. The Hall–Kier alpha value is -2.52. The first kappa shape index (κ1) is 24.6. The van der Waals surface area contributed by atoms with Crippen molar-refractivity contribution in [3.8, 4) is 5.75 Å². The number of piperidine rings is 1. The maximum absolute atomic E-state index is 13.3. The molecule has 182 valence electrons.